The summed E-state index contributed by atoms with van der Waals surface area (Å²) in [6.45, 7) is 8.15. The molecule has 0 radical (unpaired) electrons. The van der Waals surface area contributed by atoms with Crippen molar-refractivity contribution in [1.82, 2.24) is 15.1 Å². The van der Waals surface area contributed by atoms with E-state index in [1.807, 2.05) is 32.4 Å². The van der Waals surface area contributed by atoms with Crippen LogP contribution < -0.4 is 5.32 Å². The monoisotopic (exact) mass is 267 g/mol. The molecule has 19 heavy (non-hydrogen) atoms. The lowest BCUT2D eigenvalue weighted by Gasteiger charge is -2.22. The van der Waals surface area contributed by atoms with Gasteiger partial charge in [0.05, 0.1) is 29.4 Å². The normalized spacial score (nSPS) is 11.4. The maximum atomic E-state index is 12.0. The summed E-state index contributed by atoms with van der Waals surface area (Å²) >= 11 is 0. The Morgan fingerprint density at radius 2 is 2.05 bits per heavy atom. The third-order valence-corrected chi connectivity index (χ3v) is 2.71. The van der Waals surface area contributed by atoms with Gasteiger partial charge in [-0.3, -0.25) is 14.3 Å². The van der Waals surface area contributed by atoms with Crippen LogP contribution in [0.2, 0.25) is 0 Å². The first-order valence-electron chi connectivity index (χ1n) is 6.34. The van der Waals surface area contributed by atoms with Gasteiger partial charge in [0.15, 0.2) is 0 Å². The summed E-state index contributed by atoms with van der Waals surface area (Å²) in [4.78, 5) is 22.4. The van der Waals surface area contributed by atoms with E-state index in [0.29, 0.717) is 12.0 Å². The molecule has 6 nitrogen and oxygen atoms in total. The molecule has 0 unspecified atom stereocenters. The number of carboxylic acids is 1. The summed E-state index contributed by atoms with van der Waals surface area (Å²) < 4.78 is 1.83. The number of amides is 1. The number of hydrogen-bond donors (Lipinski definition) is 2. The van der Waals surface area contributed by atoms with Gasteiger partial charge in [-0.05, 0) is 27.2 Å². The maximum Gasteiger partial charge on any atom is 0.305 e. The number of nitrogens with zero attached hydrogens (tertiary/aromatic N) is 2. The van der Waals surface area contributed by atoms with E-state index in [0.717, 1.165) is 5.69 Å². The summed E-state index contributed by atoms with van der Waals surface area (Å²) in [7, 11) is 0. The molecule has 6 heteroatoms. The van der Waals surface area contributed by atoms with Crippen molar-refractivity contribution in [3.63, 3.8) is 0 Å². The Hall–Kier alpha value is -1.85. The summed E-state index contributed by atoms with van der Waals surface area (Å²) in [5.74, 6) is -1.20. The quantitative estimate of drug-likeness (QED) is 0.844. The fourth-order valence-corrected chi connectivity index (χ4v) is 1.86. The molecular formula is C13H21N3O3. The summed E-state index contributed by atoms with van der Waals surface area (Å²) in [5, 5.41) is 15.4. The van der Waals surface area contributed by atoms with Gasteiger partial charge in [0.1, 0.15) is 0 Å². The SMILES string of the molecule is CCc1c(C(=O)NCCC(=O)O)cnn1C(C)(C)C. The van der Waals surface area contributed by atoms with Crippen molar-refractivity contribution in [2.45, 2.75) is 46.1 Å². The van der Waals surface area contributed by atoms with Crippen LogP contribution in [0.15, 0.2) is 6.20 Å². The fourth-order valence-electron chi connectivity index (χ4n) is 1.86. The number of carboxylic acid groups (broad SMARTS) is 1. The van der Waals surface area contributed by atoms with E-state index in [1.54, 1.807) is 6.20 Å². The van der Waals surface area contributed by atoms with E-state index in [2.05, 4.69) is 10.4 Å². The van der Waals surface area contributed by atoms with Crippen molar-refractivity contribution in [2.24, 2.45) is 0 Å². The van der Waals surface area contributed by atoms with Gasteiger partial charge in [-0.1, -0.05) is 6.92 Å². The highest BCUT2D eigenvalue weighted by Crippen LogP contribution is 2.19. The molecule has 1 aromatic rings. The van der Waals surface area contributed by atoms with Crippen molar-refractivity contribution in [1.29, 1.82) is 0 Å². The predicted octanol–water partition coefficient (Wildman–Crippen LogP) is 1.40. The van der Waals surface area contributed by atoms with Crippen LogP contribution in [0.25, 0.3) is 0 Å². The van der Waals surface area contributed by atoms with Crippen LogP contribution in [0.4, 0.5) is 0 Å². The lowest BCUT2D eigenvalue weighted by atomic mass is 10.1. The second-order valence-electron chi connectivity index (χ2n) is 5.34. The molecule has 1 rings (SSSR count). The van der Waals surface area contributed by atoms with Crippen LogP contribution in [-0.2, 0) is 16.8 Å². The minimum atomic E-state index is -0.929. The van der Waals surface area contributed by atoms with E-state index >= 15 is 0 Å². The Balaban J connectivity index is 2.86. The molecule has 0 spiro atoms. The molecule has 0 aromatic carbocycles. The first-order valence-corrected chi connectivity index (χ1v) is 6.34. The van der Waals surface area contributed by atoms with Crippen LogP contribution >= 0.6 is 0 Å². The molecule has 0 bridgehead atoms. The second-order valence-corrected chi connectivity index (χ2v) is 5.34. The molecule has 1 heterocycles. The van der Waals surface area contributed by atoms with Gasteiger partial charge in [-0.15, -0.1) is 0 Å². The van der Waals surface area contributed by atoms with Crippen LogP contribution in [0.1, 0.15) is 50.2 Å². The molecule has 106 valence electrons. The van der Waals surface area contributed by atoms with Crippen molar-refractivity contribution in [3.8, 4) is 0 Å². The number of aliphatic carboxylic acids is 1. The van der Waals surface area contributed by atoms with Gasteiger partial charge in [-0.25, -0.2) is 0 Å². The standard InChI is InChI=1S/C13H21N3O3/c1-5-10-9(8-15-16(10)13(2,3)4)12(19)14-7-6-11(17)18/h8H,5-7H2,1-4H3,(H,14,19)(H,17,18). The van der Waals surface area contributed by atoms with Gasteiger partial charge in [0.2, 0.25) is 0 Å². The summed E-state index contributed by atoms with van der Waals surface area (Å²) in [6, 6.07) is 0. The topological polar surface area (TPSA) is 84.2 Å². The molecule has 0 aliphatic carbocycles. The Bertz CT molecular complexity index is 472. The number of hydrogen-bond acceptors (Lipinski definition) is 3. The molecule has 0 aliphatic rings. The molecular weight excluding hydrogens is 246 g/mol. The van der Waals surface area contributed by atoms with E-state index in [-0.39, 0.29) is 24.4 Å². The van der Waals surface area contributed by atoms with Crippen molar-refractivity contribution in [3.05, 3.63) is 17.5 Å². The molecule has 0 fully saturated rings. The number of aromatic nitrogens is 2. The molecule has 0 saturated carbocycles. The third kappa shape index (κ3) is 3.81. The summed E-state index contributed by atoms with van der Waals surface area (Å²) in [5.41, 5.74) is 1.19. The highest BCUT2D eigenvalue weighted by molar-refractivity contribution is 5.95. The largest absolute Gasteiger partial charge is 0.481 e. The first kappa shape index (κ1) is 15.2. The highest BCUT2D eigenvalue weighted by Gasteiger charge is 2.22. The van der Waals surface area contributed by atoms with Crippen LogP contribution in [0.3, 0.4) is 0 Å². The Kier molecular flexibility index (Phi) is 4.69. The van der Waals surface area contributed by atoms with Gasteiger partial charge in [0, 0.05) is 6.54 Å². The highest BCUT2D eigenvalue weighted by atomic mass is 16.4. The third-order valence-electron chi connectivity index (χ3n) is 2.71. The summed E-state index contributed by atoms with van der Waals surface area (Å²) in [6.07, 6.45) is 2.15. The van der Waals surface area contributed by atoms with Crippen LogP contribution in [0, 0.1) is 0 Å². The van der Waals surface area contributed by atoms with E-state index in [1.165, 1.54) is 0 Å². The zero-order valence-corrected chi connectivity index (χ0v) is 11.9. The van der Waals surface area contributed by atoms with Crippen LogP contribution in [-0.4, -0.2) is 33.3 Å². The lowest BCUT2D eigenvalue weighted by molar-refractivity contribution is -0.136. The number of carbonyl (C=O) groups is 2. The van der Waals surface area contributed by atoms with Crippen molar-refractivity contribution < 1.29 is 14.7 Å². The van der Waals surface area contributed by atoms with Crippen molar-refractivity contribution >= 4 is 11.9 Å². The molecule has 0 atom stereocenters. The smallest absolute Gasteiger partial charge is 0.305 e. The molecule has 0 saturated heterocycles. The molecule has 1 aromatic heterocycles. The fraction of sp³-hybridized carbons (Fsp3) is 0.615. The molecule has 2 N–H and O–H groups in total. The Morgan fingerprint density at radius 1 is 1.42 bits per heavy atom. The average Bonchev–Trinajstić information content (AvgIpc) is 2.71. The minimum absolute atomic E-state index is 0.0827. The van der Waals surface area contributed by atoms with Gasteiger partial charge in [-0.2, -0.15) is 5.10 Å². The first-order chi connectivity index (χ1) is 8.77. The zero-order valence-electron chi connectivity index (χ0n) is 11.9. The Labute approximate surface area is 112 Å². The second kappa shape index (κ2) is 5.86. The minimum Gasteiger partial charge on any atom is -0.481 e. The zero-order chi connectivity index (χ0) is 14.6. The number of rotatable bonds is 5. The molecule has 0 aliphatic heterocycles. The van der Waals surface area contributed by atoms with Gasteiger partial charge < -0.3 is 10.4 Å². The van der Waals surface area contributed by atoms with E-state index in [9.17, 15) is 9.59 Å². The van der Waals surface area contributed by atoms with Gasteiger partial charge >= 0.3 is 5.97 Å². The maximum absolute atomic E-state index is 12.0. The molecule has 1 amide bonds. The van der Waals surface area contributed by atoms with Crippen molar-refractivity contribution in [2.75, 3.05) is 6.54 Å². The van der Waals surface area contributed by atoms with E-state index in [4.69, 9.17) is 5.11 Å². The predicted molar refractivity (Wildman–Crippen MR) is 71.2 cm³/mol. The lowest BCUT2D eigenvalue weighted by Crippen LogP contribution is -2.29. The number of carbonyl (C=O) groups excluding carboxylic acids is 1. The van der Waals surface area contributed by atoms with E-state index < -0.39 is 5.97 Å². The number of nitrogens with one attached hydrogen (secondary N) is 1. The van der Waals surface area contributed by atoms with Crippen LogP contribution in [0.5, 0.6) is 0 Å². The van der Waals surface area contributed by atoms with Gasteiger partial charge in [0.25, 0.3) is 5.91 Å². The Morgan fingerprint density at radius 3 is 2.53 bits per heavy atom. The average molecular weight is 267 g/mol.